The summed E-state index contributed by atoms with van der Waals surface area (Å²) < 4.78 is 6.39. The molecule has 1 amide bonds. The summed E-state index contributed by atoms with van der Waals surface area (Å²) in [7, 11) is 0. The van der Waals surface area contributed by atoms with E-state index in [-0.39, 0.29) is 12.1 Å². The fourth-order valence-corrected chi connectivity index (χ4v) is 3.76. The molecule has 0 spiro atoms. The molecule has 0 fully saturated rings. The molecule has 0 aliphatic rings. The molecular weight excluding hydrogens is 378 g/mol. The summed E-state index contributed by atoms with van der Waals surface area (Å²) in [6, 6.07) is 7.31. The molecule has 2 aromatic heterocycles. The number of fused-ring (bicyclic) bond motifs is 1. The van der Waals surface area contributed by atoms with E-state index in [0.29, 0.717) is 15.9 Å². The second-order valence-corrected chi connectivity index (χ2v) is 7.84. The maximum Gasteiger partial charge on any atom is 0.326 e. The Morgan fingerprint density at radius 2 is 2.04 bits per heavy atom. The van der Waals surface area contributed by atoms with Gasteiger partial charge in [-0.3, -0.25) is 19.0 Å². The molecule has 0 saturated heterocycles. The number of nitrogens with zero attached hydrogens (tertiary/aromatic N) is 2. The number of thiophene rings is 1. The molecule has 1 aromatic carbocycles. The van der Waals surface area contributed by atoms with Gasteiger partial charge >= 0.3 is 5.97 Å². The van der Waals surface area contributed by atoms with E-state index >= 15 is 0 Å². The monoisotopic (exact) mass is 399 g/mol. The molecule has 7 nitrogen and oxygen atoms in total. The van der Waals surface area contributed by atoms with Crippen LogP contribution in [-0.2, 0) is 20.9 Å². The molecule has 3 rings (SSSR count). The van der Waals surface area contributed by atoms with Gasteiger partial charge in [0.1, 0.15) is 11.4 Å². The van der Waals surface area contributed by atoms with Gasteiger partial charge < -0.3 is 10.1 Å². The van der Waals surface area contributed by atoms with Gasteiger partial charge in [0.25, 0.3) is 11.5 Å². The number of carbonyl (C=O) groups is 2. The first-order valence-electron chi connectivity index (χ1n) is 8.78. The summed E-state index contributed by atoms with van der Waals surface area (Å²) in [4.78, 5) is 43.0. The molecule has 28 heavy (non-hydrogen) atoms. The number of anilines is 1. The van der Waals surface area contributed by atoms with Gasteiger partial charge in [-0.25, -0.2) is 4.98 Å². The van der Waals surface area contributed by atoms with E-state index < -0.39 is 18.0 Å². The summed E-state index contributed by atoms with van der Waals surface area (Å²) in [5.41, 5.74) is 2.21. The van der Waals surface area contributed by atoms with Crippen molar-refractivity contribution in [2.75, 3.05) is 5.32 Å². The first-order valence-corrected chi connectivity index (χ1v) is 9.60. The van der Waals surface area contributed by atoms with Crippen molar-refractivity contribution >= 4 is 39.1 Å². The average molecular weight is 399 g/mol. The number of nitrogens with one attached hydrogen (secondary N) is 1. The van der Waals surface area contributed by atoms with Crippen molar-refractivity contribution in [3.63, 3.8) is 0 Å². The zero-order valence-corrected chi connectivity index (χ0v) is 16.9. The molecule has 2 heterocycles. The topological polar surface area (TPSA) is 90.3 Å². The van der Waals surface area contributed by atoms with Gasteiger partial charge in [0, 0.05) is 10.6 Å². The molecule has 146 valence electrons. The van der Waals surface area contributed by atoms with Gasteiger partial charge in [0.05, 0.1) is 11.7 Å². The van der Waals surface area contributed by atoms with Crippen molar-refractivity contribution in [3.05, 3.63) is 57.0 Å². The van der Waals surface area contributed by atoms with Gasteiger partial charge in [-0.05, 0) is 51.0 Å². The van der Waals surface area contributed by atoms with Crippen LogP contribution in [-0.4, -0.2) is 27.5 Å². The second-order valence-electron chi connectivity index (χ2n) is 6.63. The Balaban J connectivity index is 1.67. The molecule has 8 heteroatoms. The molecule has 0 aliphatic carbocycles. The third-order valence-corrected chi connectivity index (χ3v) is 5.53. The molecular formula is C20H21N3O4S. The third-order valence-electron chi connectivity index (χ3n) is 4.42. The smallest absolute Gasteiger partial charge is 0.326 e. The number of hydrogen-bond donors (Lipinski definition) is 1. The van der Waals surface area contributed by atoms with Crippen LogP contribution in [0.25, 0.3) is 10.2 Å². The second kappa shape index (κ2) is 7.93. The predicted molar refractivity (Wildman–Crippen MR) is 109 cm³/mol. The number of esters is 1. The number of aromatic nitrogens is 2. The number of benzene rings is 1. The Kier molecular flexibility index (Phi) is 5.60. The fraction of sp³-hybridized carbons (Fsp3) is 0.300. The van der Waals surface area contributed by atoms with Crippen LogP contribution in [0.5, 0.6) is 0 Å². The predicted octanol–water partition coefficient (Wildman–Crippen LogP) is 2.95. The highest BCUT2D eigenvalue weighted by molar-refractivity contribution is 7.18. The summed E-state index contributed by atoms with van der Waals surface area (Å²) in [6.45, 7) is 6.88. The largest absolute Gasteiger partial charge is 0.451 e. The maximum atomic E-state index is 12.6. The molecule has 1 N–H and O–H groups in total. The van der Waals surface area contributed by atoms with Crippen LogP contribution in [0, 0.1) is 20.8 Å². The first-order chi connectivity index (χ1) is 13.3. The van der Waals surface area contributed by atoms with Crippen LogP contribution in [0.2, 0.25) is 0 Å². The molecule has 3 aromatic rings. The third kappa shape index (κ3) is 4.12. The molecule has 0 radical (unpaired) electrons. The Morgan fingerprint density at radius 1 is 1.29 bits per heavy atom. The Labute approximate surface area is 166 Å². The van der Waals surface area contributed by atoms with E-state index in [4.69, 9.17) is 4.74 Å². The lowest BCUT2D eigenvalue weighted by Gasteiger charge is -2.14. The molecule has 0 unspecified atom stereocenters. The zero-order valence-electron chi connectivity index (χ0n) is 16.1. The van der Waals surface area contributed by atoms with Crippen LogP contribution < -0.4 is 10.9 Å². The lowest BCUT2D eigenvalue weighted by Crippen LogP contribution is -2.33. The number of hydrogen-bond acceptors (Lipinski definition) is 6. The maximum absolute atomic E-state index is 12.6. The highest BCUT2D eigenvalue weighted by Gasteiger charge is 2.20. The van der Waals surface area contributed by atoms with Crippen molar-refractivity contribution in [2.24, 2.45) is 0 Å². The van der Waals surface area contributed by atoms with Crippen molar-refractivity contribution in [1.82, 2.24) is 9.55 Å². The average Bonchev–Trinajstić information content (AvgIpc) is 2.92. The van der Waals surface area contributed by atoms with Crippen molar-refractivity contribution in [3.8, 4) is 0 Å². The van der Waals surface area contributed by atoms with E-state index in [1.165, 1.54) is 29.2 Å². The van der Waals surface area contributed by atoms with Gasteiger partial charge in [0.2, 0.25) is 0 Å². The van der Waals surface area contributed by atoms with E-state index in [9.17, 15) is 14.4 Å². The van der Waals surface area contributed by atoms with Crippen molar-refractivity contribution in [1.29, 1.82) is 0 Å². The molecule has 0 aliphatic heterocycles. The molecule has 1 atom stereocenters. The van der Waals surface area contributed by atoms with Crippen molar-refractivity contribution < 1.29 is 14.3 Å². The van der Waals surface area contributed by atoms with Gasteiger partial charge in [0.15, 0.2) is 6.10 Å². The van der Waals surface area contributed by atoms with E-state index in [1.54, 1.807) is 6.07 Å². The van der Waals surface area contributed by atoms with Crippen molar-refractivity contribution in [2.45, 2.75) is 40.3 Å². The van der Waals surface area contributed by atoms with E-state index in [2.05, 4.69) is 10.3 Å². The van der Waals surface area contributed by atoms with Crippen LogP contribution in [0.3, 0.4) is 0 Å². The molecule has 0 saturated carbocycles. The quantitative estimate of drug-likeness (QED) is 0.666. The SMILES string of the molecule is Cc1cccc(NC(=O)[C@H](C)OC(=O)Cn2cnc3sc(C)c(C)c3c2=O)c1. The number of amides is 1. The first kappa shape index (κ1) is 19.8. The van der Waals surface area contributed by atoms with Gasteiger partial charge in [-0.15, -0.1) is 11.3 Å². The van der Waals surface area contributed by atoms with Crippen LogP contribution in [0.4, 0.5) is 5.69 Å². The summed E-state index contributed by atoms with van der Waals surface area (Å²) >= 11 is 1.44. The normalized spacial score (nSPS) is 12.0. The number of carbonyl (C=O) groups excluding carboxylic acids is 2. The number of aryl methyl sites for hydroxylation is 3. The fourth-order valence-electron chi connectivity index (χ4n) is 2.78. The van der Waals surface area contributed by atoms with Crippen LogP contribution >= 0.6 is 11.3 Å². The van der Waals surface area contributed by atoms with E-state index in [0.717, 1.165) is 16.0 Å². The molecule has 0 bridgehead atoms. The minimum absolute atomic E-state index is 0.291. The standard InChI is InChI=1S/C20H21N3O4S/c1-11-6-5-7-15(8-11)22-18(25)13(3)27-16(24)9-23-10-21-19-17(20(23)26)12(2)14(4)28-19/h5-8,10,13H,9H2,1-4H3,(H,22,25)/t13-/m0/s1. The highest BCUT2D eigenvalue weighted by Crippen LogP contribution is 2.25. The summed E-state index contributed by atoms with van der Waals surface area (Å²) in [6.07, 6.45) is 0.337. The van der Waals surface area contributed by atoms with E-state index in [1.807, 2.05) is 39.0 Å². The minimum atomic E-state index is -0.995. The van der Waals surface area contributed by atoms with Crippen LogP contribution in [0.1, 0.15) is 22.9 Å². The zero-order chi connectivity index (χ0) is 20.4. The lowest BCUT2D eigenvalue weighted by atomic mass is 10.2. The Hall–Kier alpha value is -3.00. The summed E-state index contributed by atoms with van der Waals surface area (Å²) in [5, 5.41) is 3.22. The van der Waals surface area contributed by atoms with Crippen LogP contribution in [0.15, 0.2) is 35.4 Å². The minimum Gasteiger partial charge on any atom is -0.451 e. The Morgan fingerprint density at radius 3 is 2.75 bits per heavy atom. The number of rotatable bonds is 5. The highest BCUT2D eigenvalue weighted by atomic mass is 32.1. The van der Waals surface area contributed by atoms with Gasteiger partial charge in [-0.1, -0.05) is 12.1 Å². The number of ether oxygens (including phenoxy) is 1. The Bertz CT molecular complexity index is 1120. The van der Waals surface area contributed by atoms with Gasteiger partial charge in [-0.2, -0.15) is 0 Å². The lowest BCUT2D eigenvalue weighted by molar-refractivity contribution is -0.153. The summed E-state index contributed by atoms with van der Waals surface area (Å²) in [5.74, 6) is -1.12.